The molecule has 2 unspecified atom stereocenters. The number of likely N-dealkylation sites (N-methyl/N-ethyl adjacent to an activating group) is 1. The summed E-state index contributed by atoms with van der Waals surface area (Å²) in [7, 11) is 2.11. The lowest BCUT2D eigenvalue weighted by Gasteiger charge is -2.34. The number of hydrogen-bond donors (Lipinski definition) is 2. The Morgan fingerprint density at radius 3 is 3.00 bits per heavy atom. The predicted molar refractivity (Wildman–Crippen MR) is 66.3 cm³/mol. The molecule has 1 saturated heterocycles. The molecule has 0 spiro atoms. The maximum Gasteiger partial charge on any atom is 0.0871 e. The molecule has 0 aromatic carbocycles. The molecular formula is C12H20N4O. The first-order valence-electron chi connectivity index (χ1n) is 5.95. The van der Waals surface area contributed by atoms with Crippen LogP contribution in [0.2, 0.25) is 0 Å². The Kier molecular flexibility index (Phi) is 4.44. The van der Waals surface area contributed by atoms with E-state index in [4.69, 9.17) is 10.6 Å². The number of rotatable bonds is 4. The van der Waals surface area contributed by atoms with Crippen LogP contribution in [0, 0.1) is 0 Å². The standard InChI is InChI=1S/C12H20N4O/c1-16-6-7-17-12(9-16)11(15-13)8-10-2-4-14-5-3-10/h2-5,11-12,15H,6-9,13H2,1H3. The van der Waals surface area contributed by atoms with Gasteiger partial charge in [-0.25, -0.2) is 0 Å². The van der Waals surface area contributed by atoms with E-state index in [1.807, 2.05) is 12.1 Å². The molecule has 0 saturated carbocycles. The minimum atomic E-state index is 0.139. The van der Waals surface area contributed by atoms with E-state index in [2.05, 4.69) is 22.4 Å². The number of nitrogens with two attached hydrogens (primary N) is 1. The molecule has 94 valence electrons. The molecule has 2 rings (SSSR count). The highest BCUT2D eigenvalue weighted by Gasteiger charge is 2.26. The van der Waals surface area contributed by atoms with E-state index in [0.717, 1.165) is 26.1 Å². The van der Waals surface area contributed by atoms with Gasteiger partial charge in [0.2, 0.25) is 0 Å². The Bertz CT molecular complexity index is 333. The van der Waals surface area contributed by atoms with Crippen molar-refractivity contribution in [2.75, 3.05) is 26.7 Å². The van der Waals surface area contributed by atoms with E-state index < -0.39 is 0 Å². The van der Waals surface area contributed by atoms with E-state index in [1.54, 1.807) is 12.4 Å². The van der Waals surface area contributed by atoms with Crippen molar-refractivity contribution in [3.63, 3.8) is 0 Å². The van der Waals surface area contributed by atoms with Gasteiger partial charge in [-0.15, -0.1) is 0 Å². The molecule has 1 aliphatic rings. The lowest BCUT2D eigenvalue weighted by atomic mass is 10.0. The summed E-state index contributed by atoms with van der Waals surface area (Å²) in [6, 6.07) is 4.16. The fourth-order valence-electron chi connectivity index (χ4n) is 2.12. The van der Waals surface area contributed by atoms with Crippen LogP contribution in [-0.2, 0) is 11.2 Å². The molecule has 0 aliphatic carbocycles. The molecule has 1 aromatic rings. The van der Waals surface area contributed by atoms with Gasteiger partial charge in [0, 0.05) is 25.5 Å². The van der Waals surface area contributed by atoms with Crippen LogP contribution in [0.4, 0.5) is 0 Å². The van der Waals surface area contributed by atoms with Crippen LogP contribution in [-0.4, -0.2) is 48.8 Å². The Morgan fingerprint density at radius 2 is 2.35 bits per heavy atom. The minimum absolute atomic E-state index is 0.139. The Balaban J connectivity index is 1.96. The third-order valence-electron chi connectivity index (χ3n) is 3.16. The summed E-state index contributed by atoms with van der Waals surface area (Å²) in [4.78, 5) is 6.28. The average Bonchev–Trinajstić information content (AvgIpc) is 2.37. The van der Waals surface area contributed by atoms with E-state index in [0.29, 0.717) is 0 Å². The van der Waals surface area contributed by atoms with Crippen molar-refractivity contribution < 1.29 is 4.74 Å². The van der Waals surface area contributed by atoms with E-state index in [1.165, 1.54) is 5.56 Å². The first kappa shape index (κ1) is 12.4. The predicted octanol–water partition coefficient (Wildman–Crippen LogP) is -0.213. The molecule has 2 atom stereocenters. The normalized spacial score (nSPS) is 23.5. The van der Waals surface area contributed by atoms with Crippen LogP contribution < -0.4 is 11.3 Å². The zero-order valence-corrected chi connectivity index (χ0v) is 10.2. The third-order valence-corrected chi connectivity index (χ3v) is 3.16. The third kappa shape index (κ3) is 3.47. The van der Waals surface area contributed by atoms with Crippen molar-refractivity contribution in [1.29, 1.82) is 0 Å². The van der Waals surface area contributed by atoms with Crippen LogP contribution >= 0.6 is 0 Å². The number of hydrogen-bond acceptors (Lipinski definition) is 5. The second-order valence-corrected chi connectivity index (χ2v) is 4.50. The van der Waals surface area contributed by atoms with Gasteiger partial charge in [0.05, 0.1) is 18.8 Å². The summed E-state index contributed by atoms with van der Waals surface area (Å²) in [5, 5.41) is 0. The zero-order chi connectivity index (χ0) is 12.1. The van der Waals surface area contributed by atoms with Crippen LogP contribution in [0.1, 0.15) is 5.56 Å². The topological polar surface area (TPSA) is 63.4 Å². The lowest BCUT2D eigenvalue weighted by molar-refractivity contribution is -0.0384. The summed E-state index contributed by atoms with van der Waals surface area (Å²) >= 11 is 0. The quantitative estimate of drug-likeness (QED) is 0.559. The van der Waals surface area contributed by atoms with Gasteiger partial charge in [0.25, 0.3) is 0 Å². The van der Waals surface area contributed by atoms with Crippen molar-refractivity contribution >= 4 is 0 Å². The summed E-state index contributed by atoms with van der Waals surface area (Å²) in [6.07, 6.45) is 4.61. The summed E-state index contributed by atoms with van der Waals surface area (Å²) < 4.78 is 5.77. The molecule has 0 radical (unpaired) electrons. The van der Waals surface area contributed by atoms with Crippen LogP contribution in [0.25, 0.3) is 0 Å². The molecule has 1 aliphatic heterocycles. The second kappa shape index (κ2) is 6.07. The summed E-state index contributed by atoms with van der Waals surface area (Å²) in [6.45, 7) is 2.68. The van der Waals surface area contributed by atoms with Crippen molar-refractivity contribution in [3.8, 4) is 0 Å². The number of hydrazine groups is 1. The van der Waals surface area contributed by atoms with Gasteiger partial charge in [0.1, 0.15) is 0 Å². The van der Waals surface area contributed by atoms with Crippen molar-refractivity contribution in [2.45, 2.75) is 18.6 Å². The fourth-order valence-corrected chi connectivity index (χ4v) is 2.12. The molecule has 1 fully saturated rings. The molecule has 17 heavy (non-hydrogen) atoms. The molecule has 5 nitrogen and oxygen atoms in total. The summed E-state index contributed by atoms with van der Waals surface area (Å²) in [5.41, 5.74) is 4.09. The van der Waals surface area contributed by atoms with Crippen molar-refractivity contribution in [2.24, 2.45) is 5.84 Å². The molecule has 0 amide bonds. The van der Waals surface area contributed by atoms with Crippen molar-refractivity contribution in [3.05, 3.63) is 30.1 Å². The Labute approximate surface area is 102 Å². The van der Waals surface area contributed by atoms with E-state index in [9.17, 15) is 0 Å². The fraction of sp³-hybridized carbons (Fsp3) is 0.583. The van der Waals surface area contributed by atoms with Gasteiger partial charge in [-0.3, -0.25) is 16.3 Å². The molecule has 1 aromatic heterocycles. The van der Waals surface area contributed by atoms with Crippen LogP contribution in [0.5, 0.6) is 0 Å². The molecule has 5 heteroatoms. The maximum absolute atomic E-state index is 5.77. The van der Waals surface area contributed by atoms with E-state index in [-0.39, 0.29) is 12.1 Å². The average molecular weight is 236 g/mol. The number of pyridine rings is 1. The van der Waals surface area contributed by atoms with Gasteiger partial charge < -0.3 is 9.64 Å². The van der Waals surface area contributed by atoms with Gasteiger partial charge in [-0.2, -0.15) is 0 Å². The number of ether oxygens (including phenoxy) is 1. The van der Waals surface area contributed by atoms with Crippen LogP contribution in [0.3, 0.4) is 0 Å². The molecule has 2 heterocycles. The maximum atomic E-state index is 5.77. The minimum Gasteiger partial charge on any atom is -0.374 e. The monoisotopic (exact) mass is 236 g/mol. The number of nitrogens with zero attached hydrogens (tertiary/aromatic N) is 2. The molecule has 3 N–H and O–H groups in total. The SMILES string of the molecule is CN1CCOC(C(Cc2ccncc2)NN)C1. The smallest absolute Gasteiger partial charge is 0.0871 e. The van der Waals surface area contributed by atoms with E-state index >= 15 is 0 Å². The highest BCUT2D eigenvalue weighted by atomic mass is 16.5. The Hall–Kier alpha value is -1.01. The van der Waals surface area contributed by atoms with Crippen LogP contribution in [0.15, 0.2) is 24.5 Å². The van der Waals surface area contributed by atoms with Gasteiger partial charge in [-0.1, -0.05) is 0 Å². The molecule has 0 bridgehead atoms. The van der Waals surface area contributed by atoms with Gasteiger partial charge in [-0.05, 0) is 31.2 Å². The Morgan fingerprint density at radius 1 is 1.59 bits per heavy atom. The largest absolute Gasteiger partial charge is 0.374 e. The molecular weight excluding hydrogens is 216 g/mol. The number of morpholine rings is 1. The number of nitrogens with one attached hydrogen (secondary N) is 1. The van der Waals surface area contributed by atoms with Gasteiger partial charge >= 0.3 is 0 Å². The highest BCUT2D eigenvalue weighted by Crippen LogP contribution is 2.11. The first-order valence-corrected chi connectivity index (χ1v) is 5.95. The number of aromatic nitrogens is 1. The van der Waals surface area contributed by atoms with Crippen molar-refractivity contribution in [1.82, 2.24) is 15.3 Å². The van der Waals surface area contributed by atoms with Gasteiger partial charge in [0.15, 0.2) is 0 Å². The zero-order valence-electron chi connectivity index (χ0n) is 10.2. The highest BCUT2D eigenvalue weighted by molar-refractivity contribution is 5.12. The summed E-state index contributed by atoms with van der Waals surface area (Å²) in [5.74, 6) is 5.63. The second-order valence-electron chi connectivity index (χ2n) is 4.50. The first-order chi connectivity index (χ1) is 8.29. The lowest BCUT2D eigenvalue weighted by Crippen LogP contribution is -2.54.